The van der Waals surface area contributed by atoms with Crippen LogP contribution in [0.2, 0.25) is 0 Å². The SMILES string of the molecule is COc1ccc(NC(=O)C/C(C)=N\NC(=O)c2ccncc2)c(OC)c1. The number of anilines is 1. The lowest BCUT2D eigenvalue weighted by Crippen LogP contribution is -2.21. The van der Waals surface area contributed by atoms with E-state index in [-0.39, 0.29) is 18.2 Å². The molecule has 0 bridgehead atoms. The molecule has 0 radical (unpaired) electrons. The molecule has 2 rings (SSSR count). The summed E-state index contributed by atoms with van der Waals surface area (Å²) in [4.78, 5) is 27.9. The van der Waals surface area contributed by atoms with Gasteiger partial charge in [0, 0.05) is 29.7 Å². The van der Waals surface area contributed by atoms with Crippen molar-refractivity contribution >= 4 is 23.2 Å². The highest BCUT2D eigenvalue weighted by Crippen LogP contribution is 2.29. The fourth-order valence-corrected chi connectivity index (χ4v) is 2.08. The Hall–Kier alpha value is -3.42. The number of carbonyl (C=O) groups is 2. The lowest BCUT2D eigenvalue weighted by molar-refractivity contribution is -0.115. The highest BCUT2D eigenvalue weighted by molar-refractivity contribution is 6.06. The third-order valence-corrected chi connectivity index (χ3v) is 3.39. The number of rotatable bonds is 7. The van der Waals surface area contributed by atoms with Crippen LogP contribution in [0.1, 0.15) is 23.7 Å². The number of ether oxygens (including phenoxy) is 2. The summed E-state index contributed by atoms with van der Waals surface area (Å²) in [5.41, 5.74) is 3.82. The van der Waals surface area contributed by atoms with Gasteiger partial charge in [0.15, 0.2) is 0 Å². The molecule has 2 N–H and O–H groups in total. The first-order valence-corrected chi connectivity index (χ1v) is 7.79. The fraction of sp³-hybridized carbons (Fsp3) is 0.222. The van der Waals surface area contributed by atoms with Crippen molar-refractivity contribution in [1.29, 1.82) is 0 Å². The molecule has 8 heteroatoms. The Bertz CT molecular complexity index is 806. The molecule has 0 fully saturated rings. The number of carbonyl (C=O) groups excluding carboxylic acids is 2. The maximum absolute atomic E-state index is 12.2. The van der Waals surface area contributed by atoms with Crippen LogP contribution in [0.15, 0.2) is 47.8 Å². The van der Waals surface area contributed by atoms with E-state index in [1.807, 2.05) is 0 Å². The minimum Gasteiger partial charge on any atom is -0.497 e. The summed E-state index contributed by atoms with van der Waals surface area (Å²) in [5, 5.41) is 6.68. The van der Waals surface area contributed by atoms with E-state index in [0.717, 1.165) is 0 Å². The van der Waals surface area contributed by atoms with Crippen molar-refractivity contribution in [3.63, 3.8) is 0 Å². The summed E-state index contributed by atoms with van der Waals surface area (Å²) >= 11 is 0. The van der Waals surface area contributed by atoms with Gasteiger partial charge in [0.05, 0.1) is 26.3 Å². The number of nitrogens with one attached hydrogen (secondary N) is 2. The van der Waals surface area contributed by atoms with Crippen molar-refractivity contribution in [2.75, 3.05) is 19.5 Å². The smallest absolute Gasteiger partial charge is 0.271 e. The second-order valence-electron chi connectivity index (χ2n) is 5.32. The first kappa shape index (κ1) is 18.9. The lowest BCUT2D eigenvalue weighted by Gasteiger charge is -2.11. The van der Waals surface area contributed by atoms with Gasteiger partial charge in [0.25, 0.3) is 5.91 Å². The van der Waals surface area contributed by atoms with Crippen LogP contribution in [-0.2, 0) is 4.79 Å². The number of benzene rings is 1. The largest absolute Gasteiger partial charge is 0.497 e. The van der Waals surface area contributed by atoms with Crippen LogP contribution < -0.4 is 20.2 Å². The minimum absolute atomic E-state index is 0.0197. The van der Waals surface area contributed by atoms with Gasteiger partial charge in [-0.1, -0.05) is 0 Å². The number of hydrogen-bond donors (Lipinski definition) is 2. The zero-order valence-corrected chi connectivity index (χ0v) is 14.8. The molecule has 26 heavy (non-hydrogen) atoms. The van der Waals surface area contributed by atoms with Crippen molar-refractivity contribution in [3.8, 4) is 11.5 Å². The molecule has 2 amide bonds. The molecule has 1 aromatic carbocycles. The van der Waals surface area contributed by atoms with Gasteiger partial charge in [0.1, 0.15) is 11.5 Å². The normalized spacial score (nSPS) is 10.8. The van der Waals surface area contributed by atoms with E-state index >= 15 is 0 Å². The van der Waals surface area contributed by atoms with E-state index in [9.17, 15) is 9.59 Å². The van der Waals surface area contributed by atoms with Crippen LogP contribution in [0.4, 0.5) is 5.69 Å². The van der Waals surface area contributed by atoms with E-state index < -0.39 is 0 Å². The Balaban J connectivity index is 1.93. The molecule has 0 atom stereocenters. The molecule has 0 unspecified atom stereocenters. The van der Waals surface area contributed by atoms with Gasteiger partial charge in [-0.2, -0.15) is 5.10 Å². The maximum Gasteiger partial charge on any atom is 0.271 e. The number of nitrogens with zero attached hydrogens (tertiary/aromatic N) is 2. The number of hydrazone groups is 1. The molecular formula is C18H20N4O4. The summed E-state index contributed by atoms with van der Waals surface area (Å²) in [6.07, 6.45) is 3.05. The van der Waals surface area contributed by atoms with Gasteiger partial charge >= 0.3 is 0 Å². The van der Waals surface area contributed by atoms with Crippen LogP contribution in [0.3, 0.4) is 0 Å². The molecule has 0 aliphatic carbocycles. The molecule has 0 spiro atoms. The standard InChI is InChI=1S/C18H20N4O4/c1-12(21-22-18(24)13-6-8-19-9-7-13)10-17(23)20-15-5-4-14(25-2)11-16(15)26-3/h4-9,11H,10H2,1-3H3,(H,20,23)(H,22,24)/b21-12-. The molecule has 136 valence electrons. The monoisotopic (exact) mass is 356 g/mol. The molecule has 0 saturated heterocycles. The molecule has 0 aliphatic rings. The summed E-state index contributed by atoms with van der Waals surface area (Å²) in [6.45, 7) is 1.65. The van der Waals surface area contributed by atoms with Crippen molar-refractivity contribution in [2.24, 2.45) is 5.10 Å². The predicted octanol–water partition coefficient (Wildman–Crippen LogP) is 2.23. The topological polar surface area (TPSA) is 102 Å². The summed E-state index contributed by atoms with van der Waals surface area (Å²) in [5.74, 6) is 0.451. The number of aromatic nitrogens is 1. The molecule has 1 heterocycles. The van der Waals surface area contributed by atoms with E-state index in [1.165, 1.54) is 19.5 Å². The molecule has 1 aromatic heterocycles. The van der Waals surface area contributed by atoms with Crippen LogP contribution in [0, 0.1) is 0 Å². The predicted molar refractivity (Wildman–Crippen MR) is 97.6 cm³/mol. The van der Waals surface area contributed by atoms with Gasteiger partial charge in [-0.05, 0) is 31.2 Å². The van der Waals surface area contributed by atoms with Crippen LogP contribution in [0.25, 0.3) is 0 Å². The van der Waals surface area contributed by atoms with E-state index in [2.05, 4.69) is 20.8 Å². The first-order valence-electron chi connectivity index (χ1n) is 7.79. The average molecular weight is 356 g/mol. The summed E-state index contributed by atoms with van der Waals surface area (Å²) in [7, 11) is 3.05. The average Bonchev–Trinajstić information content (AvgIpc) is 2.67. The van der Waals surface area contributed by atoms with E-state index in [0.29, 0.717) is 28.5 Å². The third-order valence-electron chi connectivity index (χ3n) is 3.39. The maximum atomic E-state index is 12.2. The highest BCUT2D eigenvalue weighted by atomic mass is 16.5. The Labute approximate surface area is 151 Å². The zero-order valence-electron chi connectivity index (χ0n) is 14.8. The van der Waals surface area contributed by atoms with Gasteiger partial charge in [-0.25, -0.2) is 5.43 Å². The molecule has 8 nitrogen and oxygen atoms in total. The fourth-order valence-electron chi connectivity index (χ4n) is 2.08. The van der Waals surface area contributed by atoms with Crippen molar-refractivity contribution in [3.05, 3.63) is 48.3 Å². The van der Waals surface area contributed by atoms with Crippen molar-refractivity contribution in [1.82, 2.24) is 10.4 Å². The van der Waals surface area contributed by atoms with Crippen LogP contribution in [-0.4, -0.2) is 36.7 Å². The van der Waals surface area contributed by atoms with E-state index in [4.69, 9.17) is 9.47 Å². The minimum atomic E-state index is -0.371. The quantitative estimate of drug-likeness (QED) is 0.585. The Morgan fingerprint density at radius 2 is 1.85 bits per heavy atom. The zero-order chi connectivity index (χ0) is 18.9. The van der Waals surface area contributed by atoms with Crippen LogP contribution in [0.5, 0.6) is 11.5 Å². The van der Waals surface area contributed by atoms with E-state index in [1.54, 1.807) is 44.4 Å². The number of pyridine rings is 1. The molecule has 0 aliphatic heterocycles. The number of hydrogen-bond acceptors (Lipinski definition) is 6. The lowest BCUT2D eigenvalue weighted by atomic mass is 10.2. The molecular weight excluding hydrogens is 336 g/mol. The second kappa shape index (κ2) is 9.16. The third kappa shape index (κ3) is 5.30. The first-order chi connectivity index (χ1) is 12.5. The van der Waals surface area contributed by atoms with Crippen LogP contribution >= 0.6 is 0 Å². The Kier molecular flexibility index (Phi) is 6.67. The highest BCUT2D eigenvalue weighted by Gasteiger charge is 2.10. The van der Waals surface area contributed by atoms with Gasteiger partial charge in [-0.3, -0.25) is 14.6 Å². The van der Waals surface area contributed by atoms with Gasteiger partial charge < -0.3 is 14.8 Å². The number of amides is 2. The number of methoxy groups -OCH3 is 2. The Morgan fingerprint density at radius 3 is 2.50 bits per heavy atom. The van der Waals surface area contributed by atoms with Crippen molar-refractivity contribution < 1.29 is 19.1 Å². The van der Waals surface area contributed by atoms with Gasteiger partial charge in [-0.15, -0.1) is 0 Å². The van der Waals surface area contributed by atoms with Gasteiger partial charge in [0.2, 0.25) is 5.91 Å². The summed E-state index contributed by atoms with van der Waals surface area (Å²) in [6, 6.07) is 8.22. The summed E-state index contributed by atoms with van der Waals surface area (Å²) < 4.78 is 10.4. The van der Waals surface area contributed by atoms with Crippen molar-refractivity contribution in [2.45, 2.75) is 13.3 Å². The molecule has 0 saturated carbocycles. The molecule has 2 aromatic rings. The second-order valence-corrected chi connectivity index (χ2v) is 5.32. The Morgan fingerprint density at radius 1 is 1.12 bits per heavy atom.